The average molecular weight is 220 g/mol. The van der Waals surface area contributed by atoms with E-state index in [-0.39, 0.29) is 17.7 Å². The van der Waals surface area contributed by atoms with Gasteiger partial charge in [0.15, 0.2) is 0 Å². The number of hydrogen-bond acceptors (Lipinski definition) is 3. The van der Waals surface area contributed by atoms with Gasteiger partial charge in [0.1, 0.15) is 6.61 Å². The molecule has 1 aromatic carbocycles. The Hall–Kier alpha value is -2.10. The smallest absolute Gasteiger partial charge is 0.338 e. The molecule has 4 nitrogen and oxygen atoms in total. The predicted octanol–water partition coefficient (Wildman–Crippen LogP) is 2.12. The van der Waals surface area contributed by atoms with E-state index in [1.54, 1.807) is 6.92 Å². The summed E-state index contributed by atoms with van der Waals surface area (Å²) in [6.07, 6.45) is 0. The van der Waals surface area contributed by atoms with Gasteiger partial charge >= 0.3 is 11.9 Å². The summed E-state index contributed by atoms with van der Waals surface area (Å²) in [6.45, 7) is 5.47. The first-order valence-electron chi connectivity index (χ1n) is 4.65. The zero-order valence-corrected chi connectivity index (χ0v) is 8.90. The number of ether oxygens (including phenoxy) is 1. The van der Waals surface area contributed by atoms with E-state index in [1.807, 2.05) is 0 Å². The molecule has 0 unspecified atom stereocenters. The highest BCUT2D eigenvalue weighted by Crippen LogP contribution is 2.07. The number of carbonyl (C=O) groups excluding carboxylic acids is 1. The lowest BCUT2D eigenvalue weighted by Gasteiger charge is -2.04. The van der Waals surface area contributed by atoms with Gasteiger partial charge in [0.05, 0.1) is 11.1 Å². The Morgan fingerprint density at radius 2 is 2.00 bits per heavy atom. The van der Waals surface area contributed by atoms with Crippen molar-refractivity contribution in [3.05, 3.63) is 47.5 Å². The van der Waals surface area contributed by atoms with E-state index in [4.69, 9.17) is 9.84 Å². The van der Waals surface area contributed by atoms with Crippen molar-refractivity contribution in [2.24, 2.45) is 0 Å². The summed E-state index contributed by atoms with van der Waals surface area (Å²) in [5.41, 5.74) is 1.01. The third-order valence-electron chi connectivity index (χ3n) is 1.79. The highest BCUT2D eigenvalue weighted by atomic mass is 16.5. The Morgan fingerprint density at radius 3 is 2.56 bits per heavy atom. The van der Waals surface area contributed by atoms with Gasteiger partial charge in [0.2, 0.25) is 0 Å². The number of benzene rings is 1. The van der Waals surface area contributed by atoms with Crippen LogP contribution < -0.4 is 0 Å². The standard InChI is InChI=1S/C12H12O4/c1-8(2)7-16-12(15)10-5-3-4-9(6-10)11(13)14/h3-6H,1,7H2,2H3,(H,13,14). The maximum absolute atomic E-state index is 11.5. The fourth-order valence-electron chi connectivity index (χ4n) is 1.05. The summed E-state index contributed by atoms with van der Waals surface area (Å²) >= 11 is 0. The molecule has 0 atom stereocenters. The van der Waals surface area contributed by atoms with E-state index in [2.05, 4.69) is 6.58 Å². The third kappa shape index (κ3) is 3.24. The summed E-state index contributed by atoms with van der Waals surface area (Å²) < 4.78 is 4.89. The van der Waals surface area contributed by atoms with Crippen molar-refractivity contribution in [2.75, 3.05) is 6.61 Å². The molecule has 16 heavy (non-hydrogen) atoms. The van der Waals surface area contributed by atoms with Gasteiger partial charge in [-0.05, 0) is 30.7 Å². The molecule has 4 heteroatoms. The van der Waals surface area contributed by atoms with Crippen LogP contribution in [0.1, 0.15) is 27.6 Å². The van der Waals surface area contributed by atoms with Crippen molar-refractivity contribution in [3.63, 3.8) is 0 Å². The van der Waals surface area contributed by atoms with E-state index in [0.29, 0.717) is 0 Å². The van der Waals surface area contributed by atoms with E-state index in [9.17, 15) is 9.59 Å². The van der Waals surface area contributed by atoms with E-state index in [1.165, 1.54) is 24.3 Å². The van der Waals surface area contributed by atoms with Gasteiger partial charge in [0.25, 0.3) is 0 Å². The van der Waals surface area contributed by atoms with E-state index < -0.39 is 11.9 Å². The highest BCUT2D eigenvalue weighted by Gasteiger charge is 2.10. The number of rotatable bonds is 4. The van der Waals surface area contributed by atoms with E-state index >= 15 is 0 Å². The molecule has 0 amide bonds. The molecule has 0 saturated carbocycles. The fraction of sp³-hybridized carbons (Fsp3) is 0.167. The molecule has 1 rings (SSSR count). The molecule has 84 valence electrons. The molecule has 0 aliphatic rings. The van der Waals surface area contributed by atoms with Crippen LogP contribution in [-0.4, -0.2) is 23.7 Å². The molecule has 0 aliphatic heterocycles. The molecule has 1 N–H and O–H groups in total. The monoisotopic (exact) mass is 220 g/mol. The van der Waals surface area contributed by atoms with E-state index in [0.717, 1.165) is 5.57 Å². The lowest BCUT2D eigenvalue weighted by molar-refractivity contribution is 0.0540. The molecule has 0 radical (unpaired) electrons. The summed E-state index contributed by atoms with van der Waals surface area (Å²) in [5, 5.41) is 8.74. The minimum atomic E-state index is -1.07. The summed E-state index contributed by atoms with van der Waals surface area (Å²) in [6, 6.07) is 5.70. The zero-order valence-electron chi connectivity index (χ0n) is 8.90. The van der Waals surface area contributed by atoms with Gasteiger partial charge in [-0.3, -0.25) is 0 Å². The Kier molecular flexibility index (Phi) is 3.83. The zero-order chi connectivity index (χ0) is 12.1. The minimum absolute atomic E-state index is 0.0600. The molecule has 0 bridgehead atoms. The Morgan fingerprint density at radius 1 is 1.38 bits per heavy atom. The van der Waals surface area contributed by atoms with Crippen LogP contribution in [0.25, 0.3) is 0 Å². The van der Waals surface area contributed by atoms with Crippen molar-refractivity contribution in [2.45, 2.75) is 6.92 Å². The minimum Gasteiger partial charge on any atom is -0.478 e. The lowest BCUT2D eigenvalue weighted by atomic mass is 10.1. The molecule has 0 fully saturated rings. The third-order valence-corrected chi connectivity index (χ3v) is 1.79. The second-order valence-corrected chi connectivity index (χ2v) is 3.42. The van der Waals surface area contributed by atoms with Gasteiger partial charge in [-0.2, -0.15) is 0 Å². The van der Waals surface area contributed by atoms with Gasteiger partial charge in [-0.25, -0.2) is 9.59 Å². The van der Waals surface area contributed by atoms with Crippen LogP contribution >= 0.6 is 0 Å². The van der Waals surface area contributed by atoms with Crippen LogP contribution in [0.15, 0.2) is 36.4 Å². The van der Waals surface area contributed by atoms with Crippen LogP contribution in [0.3, 0.4) is 0 Å². The SMILES string of the molecule is C=C(C)COC(=O)c1cccc(C(=O)O)c1. The quantitative estimate of drug-likeness (QED) is 0.623. The van der Waals surface area contributed by atoms with Gasteiger partial charge < -0.3 is 9.84 Å². The summed E-state index contributed by atoms with van der Waals surface area (Å²) in [7, 11) is 0. The molecule has 0 spiro atoms. The second-order valence-electron chi connectivity index (χ2n) is 3.42. The molecule has 1 aromatic rings. The van der Waals surface area contributed by atoms with Crippen molar-refractivity contribution in [3.8, 4) is 0 Å². The molecule has 0 heterocycles. The largest absolute Gasteiger partial charge is 0.478 e. The first-order chi connectivity index (χ1) is 7.50. The average Bonchev–Trinajstić information content (AvgIpc) is 2.26. The van der Waals surface area contributed by atoms with Gasteiger partial charge in [0, 0.05) is 0 Å². The van der Waals surface area contributed by atoms with Crippen LogP contribution in [0, 0.1) is 0 Å². The molecular weight excluding hydrogens is 208 g/mol. The Balaban J connectivity index is 2.79. The van der Waals surface area contributed by atoms with Crippen molar-refractivity contribution < 1.29 is 19.4 Å². The second kappa shape index (κ2) is 5.11. The van der Waals surface area contributed by atoms with Crippen molar-refractivity contribution in [1.29, 1.82) is 0 Å². The highest BCUT2D eigenvalue weighted by molar-refractivity contribution is 5.94. The fourth-order valence-corrected chi connectivity index (χ4v) is 1.05. The Labute approximate surface area is 93.2 Å². The topological polar surface area (TPSA) is 63.6 Å². The Bertz CT molecular complexity index is 434. The maximum atomic E-state index is 11.5. The lowest BCUT2D eigenvalue weighted by Crippen LogP contribution is -2.08. The number of hydrogen-bond donors (Lipinski definition) is 1. The molecular formula is C12H12O4. The normalized spacial score (nSPS) is 9.56. The number of esters is 1. The van der Waals surface area contributed by atoms with Crippen molar-refractivity contribution >= 4 is 11.9 Å². The number of carboxylic acid groups (broad SMARTS) is 1. The van der Waals surface area contributed by atoms with Crippen molar-refractivity contribution in [1.82, 2.24) is 0 Å². The first-order valence-corrected chi connectivity index (χ1v) is 4.65. The number of carbonyl (C=O) groups is 2. The first kappa shape index (κ1) is 12.0. The van der Waals surface area contributed by atoms with Gasteiger partial charge in [-0.15, -0.1) is 0 Å². The maximum Gasteiger partial charge on any atom is 0.338 e. The summed E-state index contributed by atoms with van der Waals surface area (Å²) in [4.78, 5) is 22.1. The van der Waals surface area contributed by atoms with Crippen LogP contribution in [0.4, 0.5) is 0 Å². The van der Waals surface area contributed by atoms with Crippen LogP contribution in [0.2, 0.25) is 0 Å². The molecule has 0 aromatic heterocycles. The summed E-state index contributed by atoms with van der Waals surface area (Å²) in [5.74, 6) is -1.62. The van der Waals surface area contributed by atoms with Crippen LogP contribution in [0.5, 0.6) is 0 Å². The predicted molar refractivity (Wildman–Crippen MR) is 58.5 cm³/mol. The number of carboxylic acids is 1. The molecule has 0 aliphatic carbocycles. The number of aromatic carboxylic acids is 1. The molecule has 0 saturated heterocycles. The van der Waals surface area contributed by atoms with Gasteiger partial charge in [-0.1, -0.05) is 12.6 Å². The van der Waals surface area contributed by atoms with Crippen LogP contribution in [-0.2, 0) is 4.74 Å².